The fourth-order valence-corrected chi connectivity index (χ4v) is 1.93. The fourth-order valence-electron chi connectivity index (χ4n) is 1.93. The lowest BCUT2D eigenvalue weighted by Crippen LogP contribution is -2.26. The lowest BCUT2D eigenvalue weighted by molar-refractivity contribution is 0.0335. The average Bonchev–Trinajstić information content (AvgIpc) is 2.17. The first kappa shape index (κ1) is 10.0. The second-order valence-electron chi connectivity index (χ2n) is 4.31. The van der Waals surface area contributed by atoms with Crippen molar-refractivity contribution in [3.05, 3.63) is 0 Å². The van der Waals surface area contributed by atoms with Crippen molar-refractivity contribution >= 4 is 0 Å². The maximum Gasteiger partial charge on any atom is 0.0622 e. The second-order valence-corrected chi connectivity index (χ2v) is 4.31. The SMILES string of the molecule is CC(N)CC1OC(C)C(C)C1C. The summed E-state index contributed by atoms with van der Waals surface area (Å²) in [6.07, 6.45) is 1.79. The molecule has 72 valence electrons. The summed E-state index contributed by atoms with van der Waals surface area (Å²) in [5.74, 6) is 1.33. The molecule has 12 heavy (non-hydrogen) atoms. The minimum atomic E-state index is 0.259. The highest BCUT2D eigenvalue weighted by atomic mass is 16.5. The topological polar surface area (TPSA) is 35.2 Å². The summed E-state index contributed by atoms with van der Waals surface area (Å²) in [4.78, 5) is 0. The quantitative estimate of drug-likeness (QED) is 0.687. The third kappa shape index (κ3) is 1.99. The van der Waals surface area contributed by atoms with E-state index < -0.39 is 0 Å². The minimum Gasteiger partial charge on any atom is -0.375 e. The van der Waals surface area contributed by atoms with Gasteiger partial charge in [-0.2, -0.15) is 0 Å². The van der Waals surface area contributed by atoms with Gasteiger partial charge in [0.15, 0.2) is 0 Å². The van der Waals surface area contributed by atoms with Gasteiger partial charge in [-0.05, 0) is 32.1 Å². The lowest BCUT2D eigenvalue weighted by atomic mass is 9.89. The van der Waals surface area contributed by atoms with Crippen molar-refractivity contribution in [1.82, 2.24) is 0 Å². The van der Waals surface area contributed by atoms with Crippen molar-refractivity contribution in [1.29, 1.82) is 0 Å². The van der Waals surface area contributed by atoms with Crippen molar-refractivity contribution in [3.63, 3.8) is 0 Å². The summed E-state index contributed by atoms with van der Waals surface area (Å²) in [5.41, 5.74) is 5.75. The van der Waals surface area contributed by atoms with Crippen LogP contribution >= 0.6 is 0 Å². The van der Waals surface area contributed by atoms with Gasteiger partial charge in [0.25, 0.3) is 0 Å². The molecule has 2 nitrogen and oxygen atoms in total. The zero-order valence-corrected chi connectivity index (χ0v) is 8.58. The zero-order valence-electron chi connectivity index (χ0n) is 8.58. The van der Waals surface area contributed by atoms with Crippen LogP contribution in [0.2, 0.25) is 0 Å². The molecular weight excluding hydrogens is 150 g/mol. The Hall–Kier alpha value is -0.0800. The molecule has 0 aromatic rings. The number of ether oxygens (including phenoxy) is 1. The third-order valence-corrected chi connectivity index (χ3v) is 3.15. The van der Waals surface area contributed by atoms with Crippen molar-refractivity contribution in [3.8, 4) is 0 Å². The van der Waals surface area contributed by atoms with Gasteiger partial charge in [0.05, 0.1) is 12.2 Å². The summed E-state index contributed by atoms with van der Waals surface area (Å²) >= 11 is 0. The molecule has 0 radical (unpaired) electrons. The Morgan fingerprint density at radius 3 is 2.17 bits per heavy atom. The van der Waals surface area contributed by atoms with Crippen LogP contribution < -0.4 is 5.73 Å². The number of hydrogen-bond acceptors (Lipinski definition) is 2. The maximum atomic E-state index is 5.82. The standard InChI is InChI=1S/C10H21NO/c1-6(11)5-10-8(3)7(2)9(4)12-10/h6-10H,5,11H2,1-4H3. The Morgan fingerprint density at radius 1 is 1.25 bits per heavy atom. The molecular formula is C10H21NO. The van der Waals surface area contributed by atoms with Crippen LogP contribution in [0.4, 0.5) is 0 Å². The molecule has 0 amide bonds. The summed E-state index contributed by atoms with van der Waals surface area (Å²) in [5, 5.41) is 0. The van der Waals surface area contributed by atoms with Crippen molar-refractivity contribution in [2.45, 2.75) is 52.4 Å². The average molecular weight is 171 g/mol. The fraction of sp³-hybridized carbons (Fsp3) is 1.00. The molecule has 0 spiro atoms. The number of rotatable bonds is 2. The summed E-state index contributed by atoms with van der Waals surface area (Å²) in [6, 6.07) is 0.259. The predicted octanol–water partition coefficient (Wildman–Crippen LogP) is 1.78. The van der Waals surface area contributed by atoms with Gasteiger partial charge in [-0.25, -0.2) is 0 Å². The van der Waals surface area contributed by atoms with Crippen molar-refractivity contribution < 1.29 is 4.74 Å². The van der Waals surface area contributed by atoms with E-state index in [1.165, 1.54) is 0 Å². The molecule has 0 aromatic carbocycles. The molecule has 5 unspecified atom stereocenters. The summed E-state index contributed by atoms with van der Waals surface area (Å²) in [7, 11) is 0. The van der Waals surface area contributed by atoms with Gasteiger partial charge in [0, 0.05) is 6.04 Å². The van der Waals surface area contributed by atoms with Gasteiger partial charge < -0.3 is 10.5 Å². The monoisotopic (exact) mass is 171 g/mol. The Morgan fingerprint density at radius 2 is 1.83 bits per heavy atom. The van der Waals surface area contributed by atoms with Crippen molar-refractivity contribution in [2.24, 2.45) is 17.6 Å². The second kappa shape index (κ2) is 3.75. The zero-order chi connectivity index (χ0) is 9.30. The van der Waals surface area contributed by atoms with Gasteiger partial charge in [0.1, 0.15) is 0 Å². The van der Waals surface area contributed by atoms with E-state index in [9.17, 15) is 0 Å². The molecule has 0 aromatic heterocycles. The molecule has 1 fully saturated rings. The summed E-state index contributed by atoms with van der Waals surface area (Å²) < 4.78 is 5.82. The predicted molar refractivity (Wildman–Crippen MR) is 50.9 cm³/mol. The molecule has 0 bridgehead atoms. The third-order valence-electron chi connectivity index (χ3n) is 3.15. The molecule has 1 rings (SSSR count). The van der Waals surface area contributed by atoms with Gasteiger partial charge in [0.2, 0.25) is 0 Å². The molecule has 0 aliphatic carbocycles. The number of hydrogen-bond donors (Lipinski definition) is 1. The van der Waals surface area contributed by atoms with E-state index in [2.05, 4.69) is 20.8 Å². The van der Waals surface area contributed by atoms with Gasteiger partial charge in [-0.1, -0.05) is 13.8 Å². The van der Waals surface area contributed by atoms with E-state index in [4.69, 9.17) is 10.5 Å². The Kier molecular flexibility index (Phi) is 3.13. The van der Waals surface area contributed by atoms with Crippen molar-refractivity contribution in [2.75, 3.05) is 0 Å². The highest BCUT2D eigenvalue weighted by Crippen LogP contribution is 2.33. The van der Waals surface area contributed by atoms with Gasteiger partial charge in [-0.3, -0.25) is 0 Å². The van der Waals surface area contributed by atoms with Crippen LogP contribution in [0.5, 0.6) is 0 Å². The van der Waals surface area contributed by atoms with Gasteiger partial charge >= 0.3 is 0 Å². The van der Waals surface area contributed by atoms with E-state index >= 15 is 0 Å². The highest BCUT2D eigenvalue weighted by molar-refractivity contribution is 4.84. The van der Waals surface area contributed by atoms with E-state index in [-0.39, 0.29) is 6.04 Å². The Balaban J connectivity index is 2.47. The maximum absolute atomic E-state index is 5.82. The minimum absolute atomic E-state index is 0.259. The molecule has 1 aliphatic rings. The molecule has 1 aliphatic heterocycles. The molecule has 1 saturated heterocycles. The summed E-state index contributed by atoms with van der Waals surface area (Å²) in [6.45, 7) is 8.73. The largest absolute Gasteiger partial charge is 0.375 e. The van der Waals surface area contributed by atoms with E-state index in [1.54, 1.807) is 0 Å². The van der Waals surface area contributed by atoms with E-state index in [0.29, 0.717) is 24.0 Å². The van der Waals surface area contributed by atoms with Gasteiger partial charge in [-0.15, -0.1) is 0 Å². The first-order valence-corrected chi connectivity index (χ1v) is 4.93. The molecule has 5 atom stereocenters. The molecule has 2 N–H and O–H groups in total. The Labute approximate surface area is 75.5 Å². The smallest absolute Gasteiger partial charge is 0.0622 e. The van der Waals surface area contributed by atoms with Crippen LogP contribution in [0.25, 0.3) is 0 Å². The van der Waals surface area contributed by atoms with Crippen LogP contribution in [-0.2, 0) is 4.74 Å². The first-order chi connectivity index (χ1) is 5.52. The van der Waals surface area contributed by atoms with E-state index in [0.717, 1.165) is 6.42 Å². The van der Waals surface area contributed by atoms with E-state index in [1.807, 2.05) is 6.92 Å². The number of nitrogens with two attached hydrogens (primary N) is 1. The lowest BCUT2D eigenvalue weighted by Gasteiger charge is -2.17. The molecule has 1 heterocycles. The van der Waals surface area contributed by atoms with Crippen LogP contribution in [0.15, 0.2) is 0 Å². The Bertz CT molecular complexity index is 145. The van der Waals surface area contributed by atoms with Crippen LogP contribution in [0, 0.1) is 11.8 Å². The normalized spacial score (nSPS) is 44.8. The van der Waals surface area contributed by atoms with Crippen LogP contribution in [0.3, 0.4) is 0 Å². The molecule has 2 heteroatoms. The van der Waals surface area contributed by atoms with Crippen LogP contribution in [0.1, 0.15) is 34.1 Å². The highest BCUT2D eigenvalue weighted by Gasteiger charge is 2.36. The molecule has 0 saturated carbocycles. The first-order valence-electron chi connectivity index (χ1n) is 4.93. The van der Waals surface area contributed by atoms with Crippen LogP contribution in [-0.4, -0.2) is 18.2 Å².